The van der Waals surface area contributed by atoms with Crippen LogP contribution >= 0.6 is 0 Å². The predicted octanol–water partition coefficient (Wildman–Crippen LogP) is 2.66. The lowest BCUT2D eigenvalue weighted by atomic mass is 9.95. The van der Waals surface area contributed by atoms with Gasteiger partial charge in [0.25, 0.3) is 0 Å². The Hall–Kier alpha value is -1.84. The van der Waals surface area contributed by atoms with E-state index in [1.807, 2.05) is 32.9 Å². The second-order valence-corrected chi connectivity index (χ2v) is 6.77. The molecule has 4 heteroatoms. The Bertz CT molecular complexity index is 558. The number of carbonyl (C=O) groups excluding carboxylic acids is 2. The van der Waals surface area contributed by atoms with Crippen molar-refractivity contribution >= 4 is 17.5 Å². The van der Waals surface area contributed by atoms with Gasteiger partial charge < -0.3 is 10.6 Å². The molecule has 0 saturated carbocycles. The number of hydrogen-bond acceptors (Lipinski definition) is 2. The van der Waals surface area contributed by atoms with Crippen molar-refractivity contribution in [3.05, 3.63) is 29.3 Å². The number of aryl methyl sites for hydroxylation is 2. The molecule has 0 radical (unpaired) electrons. The quantitative estimate of drug-likeness (QED) is 0.898. The molecule has 2 N–H and O–H groups in total. The van der Waals surface area contributed by atoms with Gasteiger partial charge >= 0.3 is 0 Å². The predicted molar refractivity (Wildman–Crippen MR) is 84.2 cm³/mol. The molecular weight excluding hydrogens is 264 g/mol. The lowest BCUT2D eigenvalue weighted by Crippen LogP contribution is -2.46. The lowest BCUT2D eigenvalue weighted by molar-refractivity contribution is -0.131. The Morgan fingerprint density at radius 2 is 1.81 bits per heavy atom. The highest BCUT2D eigenvalue weighted by Crippen LogP contribution is 2.25. The maximum atomic E-state index is 12.1. The fourth-order valence-electron chi connectivity index (χ4n) is 2.38. The maximum Gasteiger partial charge on any atom is 0.246 e. The number of benzene rings is 1. The first-order valence-corrected chi connectivity index (χ1v) is 7.51. The van der Waals surface area contributed by atoms with Crippen LogP contribution < -0.4 is 10.6 Å². The van der Waals surface area contributed by atoms with E-state index in [0.717, 1.165) is 18.5 Å². The van der Waals surface area contributed by atoms with Crippen LogP contribution in [0.4, 0.5) is 5.69 Å². The molecule has 21 heavy (non-hydrogen) atoms. The van der Waals surface area contributed by atoms with Crippen LogP contribution in [0.2, 0.25) is 0 Å². The van der Waals surface area contributed by atoms with Gasteiger partial charge in [0, 0.05) is 11.1 Å². The zero-order valence-electron chi connectivity index (χ0n) is 13.2. The van der Waals surface area contributed by atoms with Crippen LogP contribution in [0.25, 0.3) is 0 Å². The summed E-state index contributed by atoms with van der Waals surface area (Å²) in [6.07, 6.45) is 3.39. The minimum absolute atomic E-state index is 0.126. The van der Waals surface area contributed by atoms with Gasteiger partial charge in [-0.3, -0.25) is 9.59 Å². The average molecular weight is 288 g/mol. The molecule has 0 aromatic heterocycles. The number of carbonyl (C=O) groups is 2. The molecule has 0 heterocycles. The van der Waals surface area contributed by atoms with E-state index in [2.05, 4.69) is 16.7 Å². The number of fused-ring (bicyclic) bond motifs is 1. The van der Waals surface area contributed by atoms with Crippen LogP contribution in [0.1, 0.15) is 45.2 Å². The fourth-order valence-corrected chi connectivity index (χ4v) is 2.38. The third-order valence-electron chi connectivity index (χ3n) is 3.79. The molecule has 0 saturated heterocycles. The summed E-state index contributed by atoms with van der Waals surface area (Å²) >= 11 is 0. The van der Waals surface area contributed by atoms with Crippen molar-refractivity contribution in [2.45, 2.75) is 53.0 Å². The molecule has 0 spiro atoms. The van der Waals surface area contributed by atoms with Crippen molar-refractivity contribution in [1.29, 1.82) is 0 Å². The summed E-state index contributed by atoms with van der Waals surface area (Å²) < 4.78 is 0. The van der Waals surface area contributed by atoms with Crippen LogP contribution in [0, 0.1) is 5.41 Å². The van der Waals surface area contributed by atoms with Gasteiger partial charge in [-0.15, -0.1) is 0 Å². The normalized spacial score (nSPS) is 15.2. The van der Waals surface area contributed by atoms with Gasteiger partial charge in [0.1, 0.15) is 6.04 Å². The largest absolute Gasteiger partial charge is 0.344 e. The monoisotopic (exact) mass is 288 g/mol. The van der Waals surface area contributed by atoms with E-state index in [9.17, 15) is 9.59 Å². The molecule has 1 unspecified atom stereocenters. The molecule has 1 aliphatic carbocycles. The number of amides is 2. The number of anilines is 1. The van der Waals surface area contributed by atoms with Crippen molar-refractivity contribution in [1.82, 2.24) is 5.32 Å². The van der Waals surface area contributed by atoms with Crippen molar-refractivity contribution in [2.75, 3.05) is 5.32 Å². The Morgan fingerprint density at radius 1 is 1.14 bits per heavy atom. The van der Waals surface area contributed by atoms with Gasteiger partial charge in [0.05, 0.1) is 0 Å². The van der Waals surface area contributed by atoms with E-state index in [0.29, 0.717) is 0 Å². The van der Waals surface area contributed by atoms with Crippen LogP contribution in [-0.4, -0.2) is 17.9 Å². The molecule has 1 aliphatic rings. The van der Waals surface area contributed by atoms with E-state index < -0.39 is 11.5 Å². The minimum atomic E-state index is -0.551. The minimum Gasteiger partial charge on any atom is -0.344 e. The van der Waals surface area contributed by atoms with E-state index in [1.54, 1.807) is 6.92 Å². The molecule has 1 aromatic carbocycles. The van der Waals surface area contributed by atoms with Crippen LogP contribution in [0.5, 0.6) is 0 Å². The molecule has 114 valence electrons. The van der Waals surface area contributed by atoms with Crippen LogP contribution in [0.15, 0.2) is 18.2 Å². The number of nitrogens with one attached hydrogen (secondary N) is 2. The van der Waals surface area contributed by atoms with Crippen molar-refractivity contribution in [2.24, 2.45) is 5.41 Å². The highest BCUT2D eigenvalue weighted by molar-refractivity contribution is 5.97. The third kappa shape index (κ3) is 3.84. The van der Waals surface area contributed by atoms with E-state index in [4.69, 9.17) is 0 Å². The second-order valence-electron chi connectivity index (χ2n) is 6.77. The van der Waals surface area contributed by atoms with Crippen molar-refractivity contribution in [3.63, 3.8) is 0 Å². The van der Waals surface area contributed by atoms with Gasteiger partial charge in [-0.25, -0.2) is 0 Å². The summed E-state index contributed by atoms with van der Waals surface area (Å²) in [6.45, 7) is 7.18. The zero-order valence-corrected chi connectivity index (χ0v) is 13.2. The van der Waals surface area contributed by atoms with Gasteiger partial charge in [-0.05, 0) is 49.4 Å². The third-order valence-corrected chi connectivity index (χ3v) is 3.79. The topological polar surface area (TPSA) is 58.2 Å². The summed E-state index contributed by atoms with van der Waals surface area (Å²) in [5, 5.41) is 5.62. The van der Waals surface area contributed by atoms with Crippen LogP contribution in [-0.2, 0) is 22.4 Å². The van der Waals surface area contributed by atoms with Crippen LogP contribution in [0.3, 0.4) is 0 Å². The molecule has 1 aromatic rings. The SMILES string of the molecule is CC(NC(=O)C(C)(C)C)C(=O)Nc1ccc2c(c1)CCC2. The first-order valence-electron chi connectivity index (χ1n) is 7.51. The highest BCUT2D eigenvalue weighted by atomic mass is 16.2. The van der Waals surface area contributed by atoms with E-state index in [-0.39, 0.29) is 11.8 Å². The molecule has 0 bridgehead atoms. The molecule has 0 fully saturated rings. The number of rotatable bonds is 3. The van der Waals surface area contributed by atoms with Crippen molar-refractivity contribution < 1.29 is 9.59 Å². The molecule has 4 nitrogen and oxygen atoms in total. The smallest absolute Gasteiger partial charge is 0.246 e. The maximum absolute atomic E-state index is 12.1. The summed E-state index contributed by atoms with van der Waals surface area (Å²) in [6, 6.07) is 5.50. The zero-order chi connectivity index (χ0) is 15.6. The molecule has 0 aliphatic heterocycles. The molecular formula is C17H24N2O2. The second kappa shape index (κ2) is 5.88. The van der Waals surface area contributed by atoms with E-state index >= 15 is 0 Å². The summed E-state index contributed by atoms with van der Waals surface area (Å²) in [5.41, 5.74) is 3.00. The van der Waals surface area contributed by atoms with Crippen molar-refractivity contribution in [3.8, 4) is 0 Å². The Kier molecular flexibility index (Phi) is 4.35. The summed E-state index contributed by atoms with van der Waals surface area (Å²) in [5.74, 6) is -0.315. The molecule has 2 amide bonds. The van der Waals surface area contributed by atoms with Gasteiger partial charge in [-0.1, -0.05) is 26.8 Å². The molecule has 1 atom stereocenters. The first-order chi connectivity index (χ1) is 9.77. The summed E-state index contributed by atoms with van der Waals surface area (Å²) in [7, 11) is 0. The molecule has 2 rings (SSSR count). The van der Waals surface area contributed by atoms with E-state index in [1.165, 1.54) is 17.5 Å². The Morgan fingerprint density at radius 3 is 2.48 bits per heavy atom. The lowest BCUT2D eigenvalue weighted by Gasteiger charge is -2.21. The first kappa shape index (κ1) is 15.5. The van der Waals surface area contributed by atoms with Gasteiger partial charge in [0.15, 0.2) is 0 Å². The summed E-state index contributed by atoms with van der Waals surface area (Å²) in [4.78, 5) is 24.0. The number of hydrogen-bond donors (Lipinski definition) is 2. The highest BCUT2D eigenvalue weighted by Gasteiger charge is 2.25. The standard InChI is InChI=1S/C17H24N2O2/c1-11(18-16(21)17(2,3)4)15(20)19-14-9-8-12-6-5-7-13(12)10-14/h8-11H,5-7H2,1-4H3,(H,18,21)(H,19,20). The Balaban J connectivity index is 1.96. The Labute approximate surface area is 126 Å². The van der Waals surface area contributed by atoms with Gasteiger partial charge in [-0.2, -0.15) is 0 Å². The average Bonchev–Trinajstić information content (AvgIpc) is 2.84. The van der Waals surface area contributed by atoms with Gasteiger partial charge in [0.2, 0.25) is 11.8 Å². The fraction of sp³-hybridized carbons (Fsp3) is 0.529.